The Labute approximate surface area is 92.2 Å². The van der Waals surface area contributed by atoms with E-state index in [2.05, 4.69) is 10.2 Å². The van der Waals surface area contributed by atoms with Gasteiger partial charge < -0.3 is 5.11 Å². The molecule has 0 amide bonds. The Kier molecular flexibility index (Phi) is 2.82. The van der Waals surface area contributed by atoms with Crippen LogP contribution in [0.1, 0.15) is 5.56 Å². The van der Waals surface area contributed by atoms with Gasteiger partial charge in [-0.3, -0.25) is 5.10 Å². The number of aromatic nitrogens is 2. The monoisotopic (exact) mass is 214 g/mol. The summed E-state index contributed by atoms with van der Waals surface area (Å²) >= 11 is 0. The standard InChI is InChI=1S/C12H10N2O2/c15-12(16)6-5-9-3-1-2-4-10(9)11-7-8-13-14-11/h1-8H,(H,13,14)(H,15,16). The van der Waals surface area contributed by atoms with E-state index in [1.807, 2.05) is 30.3 Å². The first-order valence-electron chi connectivity index (χ1n) is 4.77. The zero-order chi connectivity index (χ0) is 11.4. The van der Waals surface area contributed by atoms with Gasteiger partial charge in [0.25, 0.3) is 0 Å². The van der Waals surface area contributed by atoms with Crippen molar-refractivity contribution < 1.29 is 9.90 Å². The summed E-state index contributed by atoms with van der Waals surface area (Å²) in [5.74, 6) is -0.959. The number of nitrogens with zero attached hydrogens (tertiary/aromatic N) is 1. The fourth-order valence-electron chi connectivity index (χ4n) is 1.45. The van der Waals surface area contributed by atoms with Crippen molar-refractivity contribution in [3.8, 4) is 11.3 Å². The van der Waals surface area contributed by atoms with E-state index in [9.17, 15) is 4.79 Å². The fourth-order valence-corrected chi connectivity index (χ4v) is 1.45. The molecule has 0 bridgehead atoms. The minimum absolute atomic E-state index is 0.842. The van der Waals surface area contributed by atoms with E-state index in [0.717, 1.165) is 22.9 Å². The number of aromatic amines is 1. The average Bonchev–Trinajstić information content (AvgIpc) is 2.80. The first kappa shape index (κ1) is 10.2. The number of carboxylic acid groups (broad SMARTS) is 1. The number of nitrogens with one attached hydrogen (secondary N) is 1. The highest BCUT2D eigenvalue weighted by molar-refractivity contribution is 5.87. The lowest BCUT2D eigenvalue weighted by Crippen LogP contribution is -1.87. The molecule has 1 heterocycles. The number of hydrogen-bond acceptors (Lipinski definition) is 2. The van der Waals surface area contributed by atoms with E-state index < -0.39 is 5.97 Å². The topological polar surface area (TPSA) is 66.0 Å². The van der Waals surface area contributed by atoms with Crippen LogP contribution in [-0.2, 0) is 4.79 Å². The third kappa shape index (κ3) is 2.17. The summed E-state index contributed by atoms with van der Waals surface area (Å²) < 4.78 is 0. The first-order chi connectivity index (χ1) is 7.77. The molecule has 0 aliphatic carbocycles. The van der Waals surface area contributed by atoms with Crippen LogP contribution in [0.2, 0.25) is 0 Å². The maximum Gasteiger partial charge on any atom is 0.328 e. The molecule has 0 unspecified atom stereocenters. The second kappa shape index (κ2) is 4.44. The zero-order valence-electron chi connectivity index (χ0n) is 8.42. The highest BCUT2D eigenvalue weighted by atomic mass is 16.4. The van der Waals surface area contributed by atoms with Gasteiger partial charge in [-0.15, -0.1) is 0 Å². The molecule has 0 radical (unpaired) electrons. The van der Waals surface area contributed by atoms with Gasteiger partial charge in [0.15, 0.2) is 0 Å². The summed E-state index contributed by atoms with van der Waals surface area (Å²) in [5, 5.41) is 15.3. The van der Waals surface area contributed by atoms with Gasteiger partial charge in [-0.25, -0.2) is 4.79 Å². The number of hydrogen-bond donors (Lipinski definition) is 2. The van der Waals surface area contributed by atoms with Crippen molar-refractivity contribution in [1.29, 1.82) is 0 Å². The van der Waals surface area contributed by atoms with Crippen LogP contribution in [0.25, 0.3) is 17.3 Å². The van der Waals surface area contributed by atoms with Crippen LogP contribution in [0.5, 0.6) is 0 Å². The predicted molar refractivity (Wildman–Crippen MR) is 60.7 cm³/mol. The summed E-state index contributed by atoms with van der Waals surface area (Å²) in [6.07, 6.45) is 4.35. The molecule has 0 aliphatic heterocycles. The number of benzene rings is 1. The van der Waals surface area contributed by atoms with Crippen molar-refractivity contribution in [1.82, 2.24) is 10.2 Å². The van der Waals surface area contributed by atoms with Crippen LogP contribution in [0.4, 0.5) is 0 Å². The molecule has 80 valence electrons. The largest absolute Gasteiger partial charge is 0.478 e. The van der Waals surface area contributed by atoms with Gasteiger partial charge >= 0.3 is 5.97 Å². The van der Waals surface area contributed by atoms with Gasteiger partial charge in [-0.05, 0) is 17.7 Å². The van der Waals surface area contributed by atoms with E-state index in [4.69, 9.17) is 5.11 Å². The molecule has 0 saturated carbocycles. The number of rotatable bonds is 3. The molecule has 0 aliphatic rings. The van der Waals surface area contributed by atoms with Crippen LogP contribution in [-0.4, -0.2) is 21.3 Å². The molecule has 0 atom stereocenters. The van der Waals surface area contributed by atoms with Gasteiger partial charge in [-0.1, -0.05) is 24.3 Å². The molecule has 2 aromatic rings. The van der Waals surface area contributed by atoms with Crippen molar-refractivity contribution in [2.24, 2.45) is 0 Å². The predicted octanol–water partition coefficient (Wildman–Crippen LogP) is 2.17. The molecule has 2 rings (SSSR count). The van der Waals surface area contributed by atoms with Crippen LogP contribution < -0.4 is 0 Å². The second-order valence-corrected chi connectivity index (χ2v) is 3.23. The quantitative estimate of drug-likeness (QED) is 0.769. The molecule has 0 spiro atoms. The Balaban J connectivity index is 2.42. The smallest absolute Gasteiger partial charge is 0.328 e. The Bertz CT molecular complexity index is 516. The van der Waals surface area contributed by atoms with Crippen LogP contribution in [0.3, 0.4) is 0 Å². The minimum Gasteiger partial charge on any atom is -0.478 e. The van der Waals surface area contributed by atoms with Crippen LogP contribution in [0.15, 0.2) is 42.6 Å². The molecule has 1 aromatic heterocycles. The maximum atomic E-state index is 10.5. The number of H-pyrrole nitrogens is 1. The van der Waals surface area contributed by atoms with E-state index in [-0.39, 0.29) is 0 Å². The number of carbonyl (C=O) groups is 1. The van der Waals surface area contributed by atoms with E-state index in [1.54, 1.807) is 12.3 Å². The minimum atomic E-state index is -0.959. The third-order valence-electron chi connectivity index (χ3n) is 2.16. The maximum absolute atomic E-state index is 10.5. The van der Waals surface area contributed by atoms with Crippen LogP contribution in [0, 0.1) is 0 Å². The molecule has 4 heteroatoms. The molecule has 1 aromatic carbocycles. The Hall–Kier alpha value is -2.36. The Morgan fingerprint density at radius 2 is 2.12 bits per heavy atom. The van der Waals surface area contributed by atoms with Crippen LogP contribution >= 0.6 is 0 Å². The molecule has 0 saturated heterocycles. The molecular formula is C12H10N2O2. The van der Waals surface area contributed by atoms with Crippen molar-refractivity contribution in [2.75, 3.05) is 0 Å². The second-order valence-electron chi connectivity index (χ2n) is 3.23. The summed E-state index contributed by atoms with van der Waals surface area (Å²) in [5.41, 5.74) is 2.64. The van der Waals surface area contributed by atoms with Crippen molar-refractivity contribution in [2.45, 2.75) is 0 Å². The van der Waals surface area contributed by atoms with Crippen molar-refractivity contribution >= 4 is 12.0 Å². The molecule has 4 nitrogen and oxygen atoms in total. The normalized spacial score (nSPS) is 10.8. The Morgan fingerprint density at radius 3 is 2.81 bits per heavy atom. The molecular weight excluding hydrogens is 204 g/mol. The van der Waals surface area contributed by atoms with Gasteiger partial charge in [0.05, 0.1) is 5.69 Å². The highest BCUT2D eigenvalue weighted by Crippen LogP contribution is 2.22. The van der Waals surface area contributed by atoms with Crippen molar-refractivity contribution in [3.63, 3.8) is 0 Å². The zero-order valence-corrected chi connectivity index (χ0v) is 8.42. The fraction of sp³-hybridized carbons (Fsp3) is 0. The average molecular weight is 214 g/mol. The van der Waals surface area contributed by atoms with Gasteiger partial charge in [-0.2, -0.15) is 5.10 Å². The lowest BCUT2D eigenvalue weighted by atomic mass is 10.0. The molecule has 0 fully saturated rings. The van der Waals surface area contributed by atoms with E-state index in [1.165, 1.54) is 0 Å². The van der Waals surface area contributed by atoms with Gasteiger partial charge in [0.2, 0.25) is 0 Å². The SMILES string of the molecule is O=C(O)C=Cc1ccccc1-c1ccn[nH]1. The van der Waals surface area contributed by atoms with E-state index in [0.29, 0.717) is 0 Å². The lowest BCUT2D eigenvalue weighted by Gasteiger charge is -2.02. The molecule has 16 heavy (non-hydrogen) atoms. The summed E-state index contributed by atoms with van der Waals surface area (Å²) in [6, 6.07) is 9.37. The summed E-state index contributed by atoms with van der Waals surface area (Å²) in [4.78, 5) is 10.5. The number of carboxylic acids is 1. The molecule has 2 N–H and O–H groups in total. The summed E-state index contributed by atoms with van der Waals surface area (Å²) in [7, 11) is 0. The highest BCUT2D eigenvalue weighted by Gasteiger charge is 2.02. The lowest BCUT2D eigenvalue weighted by molar-refractivity contribution is -0.131. The first-order valence-corrected chi connectivity index (χ1v) is 4.77. The Morgan fingerprint density at radius 1 is 1.31 bits per heavy atom. The van der Waals surface area contributed by atoms with Gasteiger partial charge in [0.1, 0.15) is 0 Å². The van der Waals surface area contributed by atoms with E-state index >= 15 is 0 Å². The summed E-state index contributed by atoms with van der Waals surface area (Å²) in [6.45, 7) is 0. The third-order valence-corrected chi connectivity index (χ3v) is 2.16. The van der Waals surface area contributed by atoms with Crippen molar-refractivity contribution in [3.05, 3.63) is 48.2 Å². The number of aliphatic carboxylic acids is 1. The van der Waals surface area contributed by atoms with Gasteiger partial charge in [0, 0.05) is 17.8 Å².